The number of benzene rings is 1. The summed E-state index contributed by atoms with van der Waals surface area (Å²) in [6.45, 7) is 0. The molecule has 17 heavy (non-hydrogen) atoms. The molecular formula is C15H17BrO. The van der Waals surface area contributed by atoms with Gasteiger partial charge in [-0.05, 0) is 42.9 Å². The maximum atomic E-state index is 11.2. The molecule has 1 aromatic rings. The van der Waals surface area contributed by atoms with Crippen LogP contribution in [0.15, 0.2) is 28.7 Å². The molecule has 2 fully saturated rings. The molecule has 90 valence electrons. The van der Waals surface area contributed by atoms with Gasteiger partial charge in [-0.1, -0.05) is 40.9 Å². The Kier molecular flexibility index (Phi) is 2.86. The largest absolute Gasteiger partial charge is 0.303 e. The number of carbonyl (C=O) groups excluding carboxylic acids is 1. The summed E-state index contributed by atoms with van der Waals surface area (Å²) in [5.74, 6) is 0.992. The second kappa shape index (κ2) is 4.24. The van der Waals surface area contributed by atoms with Gasteiger partial charge in [-0.15, -0.1) is 0 Å². The zero-order valence-corrected chi connectivity index (χ0v) is 11.4. The van der Waals surface area contributed by atoms with E-state index >= 15 is 0 Å². The Bertz CT molecular complexity index is 436. The van der Waals surface area contributed by atoms with Crippen LogP contribution in [0, 0.1) is 11.8 Å². The molecule has 1 nitrogen and oxygen atoms in total. The van der Waals surface area contributed by atoms with E-state index in [4.69, 9.17) is 0 Å². The summed E-state index contributed by atoms with van der Waals surface area (Å²) in [6, 6.07) is 8.56. The smallest absolute Gasteiger partial charge is 0.124 e. The van der Waals surface area contributed by atoms with E-state index in [1.165, 1.54) is 37.5 Å². The van der Waals surface area contributed by atoms with Crippen molar-refractivity contribution in [3.63, 3.8) is 0 Å². The molecule has 2 unspecified atom stereocenters. The van der Waals surface area contributed by atoms with Gasteiger partial charge in [0.15, 0.2) is 0 Å². The number of halogens is 1. The van der Waals surface area contributed by atoms with E-state index in [0.717, 1.165) is 16.8 Å². The molecule has 0 N–H and O–H groups in total. The van der Waals surface area contributed by atoms with Crippen LogP contribution in [0.3, 0.4) is 0 Å². The summed E-state index contributed by atoms with van der Waals surface area (Å²) in [6.07, 6.45) is 7.53. The Morgan fingerprint density at radius 1 is 1.29 bits per heavy atom. The van der Waals surface area contributed by atoms with Gasteiger partial charge < -0.3 is 4.79 Å². The monoisotopic (exact) mass is 292 g/mol. The predicted octanol–water partition coefficient (Wildman–Crippen LogP) is 4.10. The zero-order valence-electron chi connectivity index (χ0n) is 9.86. The van der Waals surface area contributed by atoms with Crippen molar-refractivity contribution in [3.8, 4) is 0 Å². The van der Waals surface area contributed by atoms with Crippen LogP contribution in [0.4, 0.5) is 0 Å². The van der Waals surface area contributed by atoms with Gasteiger partial charge in [0.1, 0.15) is 6.29 Å². The minimum atomic E-state index is 0.183. The third-order valence-corrected chi connectivity index (χ3v) is 5.16. The van der Waals surface area contributed by atoms with Gasteiger partial charge in [0.2, 0.25) is 0 Å². The first-order valence-electron chi connectivity index (χ1n) is 6.49. The fourth-order valence-corrected chi connectivity index (χ4v) is 4.13. The van der Waals surface area contributed by atoms with Crippen molar-refractivity contribution in [1.82, 2.24) is 0 Å². The Balaban J connectivity index is 1.98. The molecule has 0 aromatic heterocycles. The van der Waals surface area contributed by atoms with Crippen molar-refractivity contribution in [1.29, 1.82) is 0 Å². The first kappa shape index (κ1) is 11.5. The number of carbonyl (C=O) groups is 1. The molecule has 1 aromatic carbocycles. The fraction of sp³-hybridized carbons (Fsp3) is 0.533. The van der Waals surface area contributed by atoms with Crippen molar-refractivity contribution in [2.45, 2.75) is 37.5 Å². The van der Waals surface area contributed by atoms with E-state index in [-0.39, 0.29) is 11.3 Å². The van der Waals surface area contributed by atoms with E-state index in [0.29, 0.717) is 0 Å². The van der Waals surface area contributed by atoms with Crippen LogP contribution in [-0.2, 0) is 10.2 Å². The number of aldehydes is 1. The van der Waals surface area contributed by atoms with Gasteiger partial charge in [-0.25, -0.2) is 0 Å². The van der Waals surface area contributed by atoms with Crippen LogP contribution in [0.1, 0.15) is 37.7 Å². The van der Waals surface area contributed by atoms with Crippen LogP contribution < -0.4 is 0 Å². The summed E-state index contributed by atoms with van der Waals surface area (Å²) >= 11 is 3.54. The fourth-order valence-electron chi connectivity index (χ4n) is 3.73. The second-order valence-electron chi connectivity index (χ2n) is 5.48. The first-order valence-corrected chi connectivity index (χ1v) is 7.28. The van der Waals surface area contributed by atoms with E-state index in [9.17, 15) is 4.79 Å². The minimum Gasteiger partial charge on any atom is -0.303 e. The van der Waals surface area contributed by atoms with Crippen molar-refractivity contribution < 1.29 is 4.79 Å². The Hall–Kier alpha value is -0.630. The molecule has 3 rings (SSSR count). The highest BCUT2D eigenvalue weighted by atomic mass is 79.9. The van der Waals surface area contributed by atoms with Crippen LogP contribution in [0.5, 0.6) is 0 Å². The second-order valence-corrected chi connectivity index (χ2v) is 6.39. The normalized spacial score (nSPS) is 32.6. The van der Waals surface area contributed by atoms with E-state index in [1.54, 1.807) is 0 Å². The lowest BCUT2D eigenvalue weighted by atomic mass is 9.80. The summed E-state index contributed by atoms with van der Waals surface area (Å²) in [5, 5.41) is 0. The van der Waals surface area contributed by atoms with Gasteiger partial charge in [0.25, 0.3) is 0 Å². The first-order chi connectivity index (χ1) is 8.27. The van der Waals surface area contributed by atoms with Gasteiger partial charge in [0.05, 0.1) is 0 Å². The lowest BCUT2D eigenvalue weighted by molar-refractivity contribution is -0.109. The minimum absolute atomic E-state index is 0.183. The predicted molar refractivity (Wildman–Crippen MR) is 71.9 cm³/mol. The summed E-state index contributed by atoms with van der Waals surface area (Å²) in [5.41, 5.74) is 1.55. The van der Waals surface area contributed by atoms with Crippen molar-refractivity contribution >= 4 is 22.2 Å². The highest BCUT2D eigenvalue weighted by Crippen LogP contribution is 2.62. The zero-order chi connectivity index (χ0) is 11.9. The van der Waals surface area contributed by atoms with Crippen LogP contribution >= 0.6 is 15.9 Å². The number of rotatable bonds is 3. The molecule has 2 aliphatic rings. The quantitative estimate of drug-likeness (QED) is 0.767. The highest BCUT2D eigenvalue weighted by molar-refractivity contribution is 9.10. The van der Waals surface area contributed by atoms with Crippen molar-refractivity contribution in [2.24, 2.45) is 11.8 Å². The molecule has 0 heterocycles. The summed E-state index contributed by atoms with van der Waals surface area (Å²) in [4.78, 5) is 11.2. The van der Waals surface area contributed by atoms with Crippen LogP contribution in [0.2, 0.25) is 0 Å². The molecule has 0 bridgehead atoms. The van der Waals surface area contributed by atoms with Crippen LogP contribution in [0.25, 0.3) is 0 Å². The third-order valence-electron chi connectivity index (χ3n) is 4.67. The van der Waals surface area contributed by atoms with E-state index in [1.807, 2.05) is 0 Å². The van der Waals surface area contributed by atoms with E-state index < -0.39 is 0 Å². The maximum absolute atomic E-state index is 11.2. The average molecular weight is 293 g/mol. The molecule has 0 radical (unpaired) electrons. The molecule has 2 heteroatoms. The Morgan fingerprint density at radius 3 is 2.65 bits per heavy atom. The van der Waals surface area contributed by atoms with Crippen molar-refractivity contribution in [2.75, 3.05) is 0 Å². The van der Waals surface area contributed by atoms with Gasteiger partial charge in [-0.2, -0.15) is 0 Å². The lowest BCUT2D eigenvalue weighted by Crippen LogP contribution is -2.21. The van der Waals surface area contributed by atoms with Crippen LogP contribution in [-0.4, -0.2) is 6.29 Å². The Labute approximate surface area is 111 Å². The molecule has 2 saturated carbocycles. The highest BCUT2D eigenvalue weighted by Gasteiger charge is 2.59. The SMILES string of the molecule is O=CC1CC1(c1cccc(Br)c1)C1CCCC1. The summed E-state index contributed by atoms with van der Waals surface area (Å²) < 4.78 is 1.13. The summed E-state index contributed by atoms with van der Waals surface area (Å²) in [7, 11) is 0. The maximum Gasteiger partial charge on any atom is 0.124 e. The molecule has 0 spiro atoms. The molecule has 0 amide bonds. The van der Waals surface area contributed by atoms with Gasteiger partial charge in [-0.3, -0.25) is 0 Å². The molecule has 0 aliphatic heterocycles. The Morgan fingerprint density at radius 2 is 2.06 bits per heavy atom. The molecular weight excluding hydrogens is 276 g/mol. The molecule has 2 aliphatic carbocycles. The van der Waals surface area contributed by atoms with Gasteiger partial charge >= 0.3 is 0 Å². The molecule has 2 atom stereocenters. The lowest BCUT2D eigenvalue weighted by Gasteiger charge is -2.24. The number of hydrogen-bond acceptors (Lipinski definition) is 1. The van der Waals surface area contributed by atoms with Gasteiger partial charge in [0, 0.05) is 15.8 Å². The third kappa shape index (κ3) is 1.77. The standard InChI is InChI=1S/C15H17BrO/c16-14-7-3-6-12(8-14)15(9-13(15)10-17)11-4-1-2-5-11/h3,6-8,10-11,13H,1-2,4-5,9H2. The van der Waals surface area contributed by atoms with E-state index in [2.05, 4.69) is 40.2 Å². The average Bonchev–Trinajstić information content (AvgIpc) is 2.83. The van der Waals surface area contributed by atoms with Crippen molar-refractivity contribution in [3.05, 3.63) is 34.3 Å². The topological polar surface area (TPSA) is 17.1 Å². The number of hydrogen-bond donors (Lipinski definition) is 0. The molecule has 0 saturated heterocycles.